The van der Waals surface area contributed by atoms with Crippen LogP contribution >= 0.6 is 0 Å². The lowest BCUT2D eigenvalue weighted by Gasteiger charge is -2.32. The van der Waals surface area contributed by atoms with Crippen LogP contribution in [0.2, 0.25) is 0 Å². The summed E-state index contributed by atoms with van der Waals surface area (Å²) in [6, 6.07) is 11.1. The maximum absolute atomic E-state index is 12.7. The lowest BCUT2D eigenvalue weighted by molar-refractivity contribution is -0.0605. The lowest BCUT2D eigenvalue weighted by Crippen LogP contribution is -2.50. The van der Waals surface area contributed by atoms with Crippen LogP contribution in [0.15, 0.2) is 41.2 Å². The Morgan fingerprint density at radius 3 is 2.81 bits per heavy atom. The van der Waals surface area contributed by atoms with Crippen LogP contribution in [0.5, 0.6) is 0 Å². The Labute approximate surface area is 152 Å². The number of H-pyrrole nitrogens is 1. The molecule has 1 aliphatic rings. The molecule has 26 heavy (non-hydrogen) atoms. The molecule has 0 radical (unpaired) electrons. The molecule has 0 unspecified atom stereocenters. The fourth-order valence-electron chi connectivity index (χ4n) is 3.27. The molecule has 0 aliphatic carbocycles. The van der Waals surface area contributed by atoms with Gasteiger partial charge >= 0.3 is 0 Å². The second kappa shape index (κ2) is 8.29. The molecule has 1 saturated heterocycles. The van der Waals surface area contributed by atoms with Gasteiger partial charge in [0.15, 0.2) is 0 Å². The van der Waals surface area contributed by atoms with Crippen molar-refractivity contribution in [2.75, 3.05) is 13.2 Å². The number of aromatic nitrogens is 1. The Hall–Kier alpha value is -2.44. The molecule has 1 aliphatic heterocycles. The van der Waals surface area contributed by atoms with Crippen LogP contribution in [0.25, 0.3) is 0 Å². The summed E-state index contributed by atoms with van der Waals surface area (Å²) in [7, 11) is 0. The third kappa shape index (κ3) is 4.39. The fraction of sp³-hybridized carbons (Fsp3) is 0.400. The van der Waals surface area contributed by atoms with Crippen LogP contribution in [-0.2, 0) is 16.1 Å². The van der Waals surface area contributed by atoms with E-state index in [2.05, 4.69) is 10.3 Å². The number of pyridine rings is 1. The first-order valence-corrected chi connectivity index (χ1v) is 8.79. The molecule has 0 spiro atoms. The van der Waals surface area contributed by atoms with Crippen molar-refractivity contribution in [1.82, 2.24) is 10.3 Å². The molecule has 3 rings (SSSR count). The Morgan fingerprint density at radius 2 is 2.08 bits per heavy atom. The van der Waals surface area contributed by atoms with E-state index < -0.39 is 0 Å². The van der Waals surface area contributed by atoms with Crippen molar-refractivity contribution in [2.24, 2.45) is 0 Å². The zero-order valence-electron chi connectivity index (χ0n) is 15.1. The van der Waals surface area contributed by atoms with Gasteiger partial charge in [-0.15, -0.1) is 0 Å². The number of ether oxygens (including phenoxy) is 2. The molecule has 1 fully saturated rings. The fourth-order valence-corrected chi connectivity index (χ4v) is 3.27. The second-order valence-corrected chi connectivity index (χ2v) is 6.60. The van der Waals surface area contributed by atoms with E-state index in [0.717, 1.165) is 12.0 Å². The number of rotatable bonds is 5. The van der Waals surface area contributed by atoms with E-state index in [0.29, 0.717) is 36.6 Å². The van der Waals surface area contributed by atoms with Crippen molar-refractivity contribution in [2.45, 2.75) is 39.0 Å². The molecule has 2 heterocycles. The second-order valence-electron chi connectivity index (χ2n) is 6.60. The van der Waals surface area contributed by atoms with E-state index in [1.807, 2.05) is 30.3 Å². The van der Waals surface area contributed by atoms with E-state index in [9.17, 15) is 9.59 Å². The third-order valence-corrected chi connectivity index (χ3v) is 4.57. The highest BCUT2D eigenvalue weighted by Gasteiger charge is 2.29. The number of amides is 1. The monoisotopic (exact) mass is 356 g/mol. The number of carbonyl (C=O) groups is 1. The van der Waals surface area contributed by atoms with Crippen LogP contribution in [0, 0.1) is 13.8 Å². The van der Waals surface area contributed by atoms with Gasteiger partial charge in [-0.05, 0) is 31.4 Å². The summed E-state index contributed by atoms with van der Waals surface area (Å²) in [4.78, 5) is 26.9. The van der Waals surface area contributed by atoms with Crippen molar-refractivity contribution in [3.05, 3.63) is 69.1 Å². The standard InChI is InChI=1S/C20H24N2O4/c1-13-10-18(23)21-14(2)19(13)20(24)22-16-12-25-9-8-17(16)26-11-15-6-4-3-5-7-15/h3-7,10,16-17H,8-9,11-12H2,1-2H3,(H,21,23)(H,22,24)/t16-,17+/m1/s1. The zero-order chi connectivity index (χ0) is 18.5. The maximum Gasteiger partial charge on any atom is 0.253 e. The van der Waals surface area contributed by atoms with Crippen molar-refractivity contribution >= 4 is 5.91 Å². The van der Waals surface area contributed by atoms with Gasteiger partial charge in [-0.2, -0.15) is 0 Å². The smallest absolute Gasteiger partial charge is 0.253 e. The van der Waals surface area contributed by atoms with Gasteiger partial charge < -0.3 is 19.8 Å². The average Bonchev–Trinajstić information content (AvgIpc) is 2.61. The molecule has 6 heteroatoms. The molecule has 0 bridgehead atoms. The Morgan fingerprint density at radius 1 is 1.31 bits per heavy atom. The van der Waals surface area contributed by atoms with Gasteiger partial charge in [0.2, 0.25) is 5.56 Å². The summed E-state index contributed by atoms with van der Waals surface area (Å²) in [6.45, 7) is 5.01. The molecular formula is C20H24N2O4. The van der Waals surface area contributed by atoms with Gasteiger partial charge in [-0.3, -0.25) is 9.59 Å². The van der Waals surface area contributed by atoms with Gasteiger partial charge in [0.05, 0.1) is 30.9 Å². The highest BCUT2D eigenvalue weighted by Crippen LogP contribution is 2.16. The topological polar surface area (TPSA) is 80.4 Å². The number of nitrogens with one attached hydrogen (secondary N) is 2. The number of aromatic amines is 1. The van der Waals surface area contributed by atoms with Gasteiger partial charge in [0, 0.05) is 18.4 Å². The molecule has 1 amide bonds. The average molecular weight is 356 g/mol. The highest BCUT2D eigenvalue weighted by molar-refractivity contribution is 5.96. The quantitative estimate of drug-likeness (QED) is 0.860. The largest absolute Gasteiger partial charge is 0.379 e. The first-order chi connectivity index (χ1) is 12.5. The van der Waals surface area contributed by atoms with Crippen molar-refractivity contribution in [3.63, 3.8) is 0 Å². The van der Waals surface area contributed by atoms with Crippen molar-refractivity contribution in [3.8, 4) is 0 Å². The summed E-state index contributed by atoms with van der Waals surface area (Å²) >= 11 is 0. The summed E-state index contributed by atoms with van der Waals surface area (Å²) in [6.07, 6.45) is 0.609. The number of benzene rings is 1. The predicted molar refractivity (Wildman–Crippen MR) is 98.2 cm³/mol. The number of aryl methyl sites for hydroxylation is 2. The van der Waals surface area contributed by atoms with Crippen LogP contribution in [-0.4, -0.2) is 36.3 Å². The minimum atomic E-state index is -0.231. The molecule has 1 aromatic carbocycles. The lowest BCUT2D eigenvalue weighted by atomic mass is 10.0. The van der Waals surface area contributed by atoms with E-state index in [1.165, 1.54) is 6.07 Å². The molecule has 2 aromatic rings. The third-order valence-electron chi connectivity index (χ3n) is 4.57. The SMILES string of the molecule is Cc1cc(=O)[nH]c(C)c1C(=O)N[C@@H]1COCC[C@@H]1OCc1ccccc1. The Bertz CT molecular complexity index is 790. The van der Waals surface area contributed by atoms with Crippen LogP contribution in [0.4, 0.5) is 0 Å². The van der Waals surface area contributed by atoms with Crippen LogP contribution in [0.1, 0.15) is 33.6 Å². The summed E-state index contributed by atoms with van der Waals surface area (Å²) < 4.78 is 11.6. The minimum absolute atomic E-state index is 0.115. The number of hydrogen-bond donors (Lipinski definition) is 2. The maximum atomic E-state index is 12.7. The number of hydrogen-bond acceptors (Lipinski definition) is 4. The first kappa shape index (κ1) is 18.4. The molecule has 6 nitrogen and oxygen atoms in total. The van der Waals surface area contributed by atoms with Crippen molar-refractivity contribution < 1.29 is 14.3 Å². The molecule has 138 valence electrons. The van der Waals surface area contributed by atoms with E-state index in [-0.39, 0.29) is 23.6 Å². The molecular weight excluding hydrogens is 332 g/mol. The Kier molecular flexibility index (Phi) is 5.85. The summed E-state index contributed by atoms with van der Waals surface area (Å²) in [5, 5.41) is 3.01. The van der Waals surface area contributed by atoms with Gasteiger partial charge in [0.1, 0.15) is 0 Å². The van der Waals surface area contributed by atoms with E-state index in [1.54, 1.807) is 13.8 Å². The normalized spacial score (nSPS) is 19.9. The van der Waals surface area contributed by atoms with Gasteiger partial charge in [-0.25, -0.2) is 0 Å². The Balaban J connectivity index is 1.68. The van der Waals surface area contributed by atoms with Gasteiger partial charge in [0.25, 0.3) is 5.91 Å². The van der Waals surface area contributed by atoms with E-state index in [4.69, 9.17) is 9.47 Å². The van der Waals surface area contributed by atoms with E-state index >= 15 is 0 Å². The molecule has 2 N–H and O–H groups in total. The van der Waals surface area contributed by atoms with Gasteiger partial charge in [-0.1, -0.05) is 30.3 Å². The summed E-state index contributed by atoms with van der Waals surface area (Å²) in [5.41, 5.74) is 2.60. The first-order valence-electron chi connectivity index (χ1n) is 8.79. The zero-order valence-corrected chi connectivity index (χ0v) is 15.1. The highest BCUT2D eigenvalue weighted by atomic mass is 16.5. The van der Waals surface area contributed by atoms with Crippen LogP contribution in [0.3, 0.4) is 0 Å². The number of carbonyl (C=O) groups excluding carboxylic acids is 1. The summed E-state index contributed by atoms with van der Waals surface area (Å²) in [5.74, 6) is -0.222. The minimum Gasteiger partial charge on any atom is -0.379 e. The molecule has 0 saturated carbocycles. The molecule has 2 atom stereocenters. The molecule has 1 aromatic heterocycles. The van der Waals surface area contributed by atoms with Crippen molar-refractivity contribution in [1.29, 1.82) is 0 Å². The predicted octanol–water partition coefficient (Wildman–Crippen LogP) is 2.10. The van der Waals surface area contributed by atoms with Crippen LogP contribution < -0.4 is 10.9 Å².